The van der Waals surface area contributed by atoms with Crippen molar-refractivity contribution in [2.45, 2.75) is 45.7 Å². The molecule has 0 bridgehead atoms. The third kappa shape index (κ3) is 2.53. The molecule has 0 aromatic heterocycles. The molecule has 2 N–H and O–H groups in total. The minimum Gasteiger partial charge on any atom is -0.329 e. The highest BCUT2D eigenvalue weighted by molar-refractivity contribution is 5.31. The molecule has 0 aliphatic carbocycles. The first-order chi connectivity index (χ1) is 8.13. The maximum Gasteiger partial charge on any atom is 0.0323 e. The number of hydrogen-bond acceptors (Lipinski definition) is 2. The van der Waals surface area contributed by atoms with Crippen LogP contribution in [0.4, 0.5) is 0 Å². The minimum absolute atomic E-state index is 0.491. The van der Waals surface area contributed by atoms with Gasteiger partial charge in [-0.2, -0.15) is 0 Å². The first-order valence-electron chi connectivity index (χ1n) is 6.66. The second kappa shape index (κ2) is 5.19. The van der Waals surface area contributed by atoms with Crippen LogP contribution in [0.15, 0.2) is 18.2 Å². The molecule has 0 radical (unpaired) electrons. The molecule has 0 saturated carbocycles. The first kappa shape index (κ1) is 12.6. The molecular formula is C15H24N2. The number of rotatable bonds is 3. The standard InChI is InChI=1S/C15H24N2/c1-11-6-7-14(9-12(11)2)13(3)17-8-4-5-15(17)10-16/h6-7,9,13,15H,4-5,8,10,16H2,1-3H3. The van der Waals surface area contributed by atoms with Crippen LogP contribution in [0, 0.1) is 13.8 Å². The van der Waals surface area contributed by atoms with Gasteiger partial charge >= 0.3 is 0 Å². The Morgan fingerprint density at radius 3 is 2.76 bits per heavy atom. The van der Waals surface area contributed by atoms with Crippen LogP contribution in [0.1, 0.15) is 42.5 Å². The van der Waals surface area contributed by atoms with Crippen LogP contribution in [0.3, 0.4) is 0 Å². The summed E-state index contributed by atoms with van der Waals surface area (Å²) in [6, 6.07) is 7.89. The monoisotopic (exact) mass is 232 g/mol. The van der Waals surface area contributed by atoms with E-state index in [9.17, 15) is 0 Å². The van der Waals surface area contributed by atoms with Gasteiger partial charge in [0.05, 0.1) is 0 Å². The zero-order valence-electron chi connectivity index (χ0n) is 11.2. The summed E-state index contributed by atoms with van der Waals surface area (Å²) in [5, 5.41) is 0. The van der Waals surface area contributed by atoms with Crippen LogP contribution < -0.4 is 5.73 Å². The molecule has 1 fully saturated rings. The zero-order valence-corrected chi connectivity index (χ0v) is 11.2. The van der Waals surface area contributed by atoms with E-state index in [-0.39, 0.29) is 0 Å². The molecule has 1 aliphatic heterocycles. The summed E-state index contributed by atoms with van der Waals surface area (Å²) in [5.74, 6) is 0. The second-order valence-corrected chi connectivity index (χ2v) is 5.29. The Bertz CT molecular complexity index is 387. The molecule has 0 amide bonds. The smallest absolute Gasteiger partial charge is 0.0323 e. The van der Waals surface area contributed by atoms with Gasteiger partial charge in [-0.15, -0.1) is 0 Å². The van der Waals surface area contributed by atoms with E-state index in [0.717, 1.165) is 6.54 Å². The Hall–Kier alpha value is -0.860. The Morgan fingerprint density at radius 1 is 1.35 bits per heavy atom. The molecule has 2 unspecified atom stereocenters. The van der Waals surface area contributed by atoms with Crippen molar-refractivity contribution in [3.8, 4) is 0 Å². The van der Waals surface area contributed by atoms with E-state index in [1.807, 2.05) is 0 Å². The number of likely N-dealkylation sites (tertiary alicyclic amines) is 1. The van der Waals surface area contributed by atoms with Crippen molar-refractivity contribution < 1.29 is 0 Å². The van der Waals surface area contributed by atoms with Crippen LogP contribution >= 0.6 is 0 Å². The molecule has 0 spiro atoms. The fourth-order valence-corrected chi connectivity index (χ4v) is 2.84. The normalized spacial score (nSPS) is 22.9. The molecule has 2 nitrogen and oxygen atoms in total. The van der Waals surface area contributed by atoms with Crippen LogP contribution in [-0.2, 0) is 0 Å². The number of nitrogens with zero attached hydrogens (tertiary/aromatic N) is 1. The first-order valence-corrected chi connectivity index (χ1v) is 6.66. The van der Waals surface area contributed by atoms with Crippen molar-refractivity contribution in [3.63, 3.8) is 0 Å². The molecule has 17 heavy (non-hydrogen) atoms. The highest BCUT2D eigenvalue weighted by Gasteiger charge is 2.27. The molecule has 2 atom stereocenters. The fourth-order valence-electron chi connectivity index (χ4n) is 2.84. The van der Waals surface area contributed by atoms with Crippen molar-refractivity contribution in [1.29, 1.82) is 0 Å². The van der Waals surface area contributed by atoms with Crippen LogP contribution in [0.5, 0.6) is 0 Å². The Labute approximate surface area is 105 Å². The van der Waals surface area contributed by atoms with Gasteiger partial charge < -0.3 is 5.73 Å². The molecule has 1 aromatic carbocycles. The second-order valence-electron chi connectivity index (χ2n) is 5.29. The molecule has 94 valence electrons. The molecule has 1 aliphatic rings. The summed E-state index contributed by atoms with van der Waals surface area (Å²) in [4.78, 5) is 2.56. The zero-order chi connectivity index (χ0) is 12.4. The lowest BCUT2D eigenvalue weighted by molar-refractivity contribution is 0.197. The lowest BCUT2D eigenvalue weighted by atomic mass is 10.0. The molecule has 1 heterocycles. The minimum atomic E-state index is 0.491. The highest BCUT2D eigenvalue weighted by Crippen LogP contribution is 2.29. The molecule has 1 aromatic rings. The third-order valence-corrected chi connectivity index (χ3v) is 4.21. The van der Waals surface area contributed by atoms with Gasteiger partial charge in [0.2, 0.25) is 0 Å². The highest BCUT2D eigenvalue weighted by atomic mass is 15.2. The van der Waals surface area contributed by atoms with E-state index >= 15 is 0 Å². The van der Waals surface area contributed by atoms with Crippen molar-refractivity contribution in [1.82, 2.24) is 4.90 Å². The lowest BCUT2D eigenvalue weighted by Gasteiger charge is -2.30. The SMILES string of the molecule is Cc1ccc(C(C)N2CCCC2CN)cc1C. The summed E-state index contributed by atoms with van der Waals surface area (Å²) in [6.45, 7) is 8.64. The van der Waals surface area contributed by atoms with E-state index in [0.29, 0.717) is 12.1 Å². The number of nitrogens with two attached hydrogens (primary N) is 1. The summed E-state index contributed by atoms with van der Waals surface area (Å²) in [5.41, 5.74) is 10.0. The number of hydrogen-bond donors (Lipinski definition) is 1. The van der Waals surface area contributed by atoms with Gasteiger partial charge in [0.25, 0.3) is 0 Å². The van der Waals surface area contributed by atoms with E-state index in [1.54, 1.807) is 0 Å². The quantitative estimate of drug-likeness (QED) is 0.868. The summed E-state index contributed by atoms with van der Waals surface area (Å²) in [7, 11) is 0. The number of benzene rings is 1. The fraction of sp³-hybridized carbons (Fsp3) is 0.600. The molecule has 2 heteroatoms. The average Bonchev–Trinajstić information content (AvgIpc) is 2.80. The maximum atomic E-state index is 5.85. The van der Waals surface area contributed by atoms with Crippen LogP contribution in [0.2, 0.25) is 0 Å². The Morgan fingerprint density at radius 2 is 2.12 bits per heavy atom. The maximum absolute atomic E-state index is 5.85. The summed E-state index contributed by atoms with van der Waals surface area (Å²) in [6.07, 6.45) is 2.54. The summed E-state index contributed by atoms with van der Waals surface area (Å²) < 4.78 is 0. The lowest BCUT2D eigenvalue weighted by Crippen LogP contribution is -2.37. The molecular weight excluding hydrogens is 208 g/mol. The molecule has 1 saturated heterocycles. The van der Waals surface area contributed by atoms with Crippen LogP contribution in [-0.4, -0.2) is 24.0 Å². The predicted molar refractivity (Wildman–Crippen MR) is 73.1 cm³/mol. The van der Waals surface area contributed by atoms with Gasteiger partial charge in [-0.1, -0.05) is 18.2 Å². The summed E-state index contributed by atoms with van der Waals surface area (Å²) >= 11 is 0. The van der Waals surface area contributed by atoms with Crippen molar-refractivity contribution in [2.24, 2.45) is 5.73 Å². The van der Waals surface area contributed by atoms with Gasteiger partial charge in [0.15, 0.2) is 0 Å². The third-order valence-electron chi connectivity index (χ3n) is 4.21. The van der Waals surface area contributed by atoms with Crippen LogP contribution in [0.25, 0.3) is 0 Å². The Balaban J connectivity index is 2.18. The molecule has 2 rings (SSSR count). The Kier molecular flexibility index (Phi) is 3.85. The average molecular weight is 232 g/mol. The van der Waals surface area contributed by atoms with Gasteiger partial charge in [0, 0.05) is 18.6 Å². The van der Waals surface area contributed by atoms with Crippen molar-refractivity contribution in [3.05, 3.63) is 34.9 Å². The van der Waals surface area contributed by atoms with Gasteiger partial charge in [-0.3, -0.25) is 4.90 Å². The van der Waals surface area contributed by atoms with Gasteiger partial charge in [-0.05, 0) is 56.8 Å². The van der Waals surface area contributed by atoms with Crippen molar-refractivity contribution >= 4 is 0 Å². The largest absolute Gasteiger partial charge is 0.329 e. The van der Waals surface area contributed by atoms with Gasteiger partial charge in [0.1, 0.15) is 0 Å². The van der Waals surface area contributed by atoms with Crippen molar-refractivity contribution in [2.75, 3.05) is 13.1 Å². The van der Waals surface area contributed by atoms with E-state index in [1.165, 1.54) is 36.1 Å². The predicted octanol–water partition coefficient (Wildman–Crippen LogP) is 2.79. The van der Waals surface area contributed by atoms with E-state index in [4.69, 9.17) is 5.73 Å². The topological polar surface area (TPSA) is 29.3 Å². The van der Waals surface area contributed by atoms with Gasteiger partial charge in [-0.25, -0.2) is 0 Å². The van der Waals surface area contributed by atoms with E-state index in [2.05, 4.69) is 43.9 Å². The number of aryl methyl sites for hydroxylation is 2. The van der Waals surface area contributed by atoms with E-state index < -0.39 is 0 Å².